The number of nitrogens with one attached hydrogen (secondary N) is 1. The van der Waals surface area contributed by atoms with E-state index in [0.29, 0.717) is 45.1 Å². The first-order valence-corrected chi connectivity index (χ1v) is 12.8. The van der Waals surface area contributed by atoms with Gasteiger partial charge in [0.05, 0.1) is 7.11 Å². The second-order valence-electron chi connectivity index (χ2n) is 9.94. The Hall–Kier alpha value is -5.24. The molecule has 8 nitrogen and oxygen atoms in total. The van der Waals surface area contributed by atoms with Gasteiger partial charge in [-0.15, -0.1) is 0 Å². The summed E-state index contributed by atoms with van der Waals surface area (Å²) in [6, 6.07) is 21.6. The van der Waals surface area contributed by atoms with Crippen molar-refractivity contribution >= 4 is 41.0 Å². The SMILES string of the molecule is COc1ccc(/C=C/c2onc(C)c2N2CC3=C(C(=O)c4ccccc4C3=O)C23C(=O)Nc2ccccc23)cc1. The highest BCUT2D eigenvalue weighted by atomic mass is 16.5. The summed E-state index contributed by atoms with van der Waals surface area (Å²) in [5.74, 6) is 0.162. The van der Waals surface area contributed by atoms with E-state index in [-0.39, 0.29) is 23.7 Å². The van der Waals surface area contributed by atoms with Gasteiger partial charge in [0.2, 0.25) is 0 Å². The fourth-order valence-electron chi connectivity index (χ4n) is 6.08. The Kier molecular flexibility index (Phi) is 5.15. The van der Waals surface area contributed by atoms with Crippen LogP contribution in [0.1, 0.15) is 43.3 Å². The number of hydrogen-bond acceptors (Lipinski definition) is 7. The minimum absolute atomic E-state index is 0.0431. The highest BCUT2D eigenvalue weighted by Crippen LogP contribution is 2.55. The molecule has 0 radical (unpaired) electrons. The van der Waals surface area contributed by atoms with E-state index in [0.717, 1.165) is 11.3 Å². The van der Waals surface area contributed by atoms with Crippen molar-refractivity contribution in [3.8, 4) is 5.75 Å². The molecule has 1 unspecified atom stereocenters. The summed E-state index contributed by atoms with van der Waals surface area (Å²) in [5.41, 5.74) is 2.74. The molecule has 2 aliphatic heterocycles. The molecule has 0 bridgehead atoms. The van der Waals surface area contributed by atoms with Crippen molar-refractivity contribution in [2.75, 3.05) is 23.9 Å². The number of aryl methyl sites for hydroxylation is 1. The molecule has 0 saturated carbocycles. The van der Waals surface area contributed by atoms with E-state index in [1.165, 1.54) is 0 Å². The molecule has 196 valence electrons. The fraction of sp³-hybridized carbons (Fsp3) is 0.125. The first-order valence-electron chi connectivity index (χ1n) is 12.8. The van der Waals surface area contributed by atoms with Crippen molar-refractivity contribution < 1.29 is 23.6 Å². The number of carbonyl (C=O) groups excluding carboxylic acids is 3. The quantitative estimate of drug-likeness (QED) is 0.387. The van der Waals surface area contributed by atoms with Crippen LogP contribution in [0.3, 0.4) is 0 Å². The number of fused-ring (bicyclic) bond motifs is 4. The lowest BCUT2D eigenvalue weighted by Crippen LogP contribution is -2.51. The normalized spacial score (nSPS) is 19.4. The van der Waals surface area contributed by atoms with Crippen molar-refractivity contribution in [1.82, 2.24) is 5.16 Å². The van der Waals surface area contributed by atoms with Gasteiger partial charge in [0.15, 0.2) is 22.9 Å². The third-order valence-electron chi connectivity index (χ3n) is 7.87. The number of nitrogens with zero attached hydrogens (tertiary/aromatic N) is 2. The van der Waals surface area contributed by atoms with Gasteiger partial charge in [-0.3, -0.25) is 14.4 Å². The second kappa shape index (κ2) is 8.64. The molecule has 0 saturated heterocycles. The Morgan fingerprint density at radius 3 is 2.38 bits per heavy atom. The summed E-state index contributed by atoms with van der Waals surface area (Å²) in [7, 11) is 1.61. The van der Waals surface area contributed by atoms with Gasteiger partial charge in [-0.25, -0.2) is 0 Å². The van der Waals surface area contributed by atoms with Crippen molar-refractivity contribution in [2.45, 2.75) is 12.5 Å². The zero-order valence-corrected chi connectivity index (χ0v) is 21.7. The van der Waals surface area contributed by atoms with Crippen LogP contribution in [0, 0.1) is 6.92 Å². The molecular formula is C32H23N3O5. The van der Waals surface area contributed by atoms with Crippen molar-refractivity contribution in [2.24, 2.45) is 0 Å². The number of Topliss-reactive ketones (excluding diaryl/α,β-unsaturated/α-hetero) is 2. The van der Waals surface area contributed by atoms with Crippen LogP contribution in [0.2, 0.25) is 0 Å². The Bertz CT molecular complexity index is 1810. The standard InChI is InChI=1S/C32H23N3O5/c1-18-28(26(40-34-18)16-13-19-11-14-20(39-2)15-12-19)35-17-23-27(30(37)22-8-4-3-7-21(22)29(23)36)32(35)24-9-5-6-10-25(24)33-31(32)38/h3-16H,17H2,1-2H3,(H,33,38)/b16-13+. The summed E-state index contributed by atoms with van der Waals surface area (Å²) in [4.78, 5) is 43.9. The molecule has 40 heavy (non-hydrogen) atoms. The molecule has 8 heteroatoms. The number of methoxy groups -OCH3 is 1. The number of aromatic nitrogens is 1. The maximum Gasteiger partial charge on any atom is 0.259 e. The smallest absolute Gasteiger partial charge is 0.259 e. The zero-order valence-electron chi connectivity index (χ0n) is 21.7. The molecule has 1 amide bonds. The molecule has 3 aromatic carbocycles. The average Bonchev–Trinajstić information content (AvgIpc) is 3.62. The van der Waals surface area contributed by atoms with Crippen LogP contribution < -0.4 is 15.0 Å². The third-order valence-corrected chi connectivity index (χ3v) is 7.87. The van der Waals surface area contributed by atoms with E-state index in [9.17, 15) is 14.4 Å². The third kappa shape index (κ3) is 3.13. The predicted octanol–water partition coefficient (Wildman–Crippen LogP) is 5.21. The van der Waals surface area contributed by atoms with Crippen molar-refractivity contribution in [3.05, 3.63) is 118 Å². The number of rotatable bonds is 4. The van der Waals surface area contributed by atoms with E-state index in [4.69, 9.17) is 9.26 Å². The van der Waals surface area contributed by atoms with E-state index >= 15 is 0 Å². The minimum Gasteiger partial charge on any atom is -0.497 e. The number of hydrogen-bond donors (Lipinski definition) is 1. The molecule has 4 aromatic rings. The maximum atomic E-state index is 14.1. The number of carbonyl (C=O) groups is 3. The number of amides is 1. The summed E-state index contributed by atoms with van der Waals surface area (Å²) >= 11 is 0. The average molecular weight is 530 g/mol. The molecule has 1 aliphatic carbocycles. The predicted molar refractivity (Wildman–Crippen MR) is 149 cm³/mol. The Morgan fingerprint density at radius 2 is 1.62 bits per heavy atom. The van der Waals surface area contributed by atoms with Crippen molar-refractivity contribution in [3.63, 3.8) is 0 Å². The number of anilines is 2. The Labute approximate surface area is 229 Å². The van der Waals surface area contributed by atoms with Crippen LogP contribution in [0.25, 0.3) is 12.2 Å². The van der Waals surface area contributed by atoms with Crippen LogP contribution >= 0.6 is 0 Å². The van der Waals surface area contributed by atoms with Crippen LogP contribution in [0.15, 0.2) is 88.5 Å². The molecule has 1 spiro atoms. The molecule has 1 N–H and O–H groups in total. The molecule has 1 atom stereocenters. The Morgan fingerprint density at radius 1 is 0.925 bits per heavy atom. The number of benzene rings is 3. The summed E-state index contributed by atoms with van der Waals surface area (Å²) in [5, 5.41) is 7.19. The first-order chi connectivity index (χ1) is 19.4. The molecule has 0 fully saturated rings. The number of ether oxygens (including phenoxy) is 1. The lowest BCUT2D eigenvalue weighted by atomic mass is 9.74. The summed E-state index contributed by atoms with van der Waals surface area (Å²) in [6.07, 6.45) is 3.65. The molecule has 3 aliphatic rings. The van der Waals surface area contributed by atoms with Gasteiger partial charge in [-0.1, -0.05) is 65.8 Å². The first kappa shape index (κ1) is 23.8. The molecular weight excluding hydrogens is 506 g/mol. The minimum atomic E-state index is -1.56. The van der Waals surface area contributed by atoms with E-state index < -0.39 is 11.4 Å². The van der Waals surface area contributed by atoms with Crippen LogP contribution in [-0.2, 0) is 10.3 Å². The van der Waals surface area contributed by atoms with Gasteiger partial charge < -0.3 is 19.5 Å². The summed E-state index contributed by atoms with van der Waals surface area (Å²) in [6.45, 7) is 1.83. The zero-order chi connectivity index (χ0) is 27.6. The van der Waals surface area contributed by atoms with Crippen molar-refractivity contribution in [1.29, 1.82) is 0 Å². The van der Waals surface area contributed by atoms with Gasteiger partial charge >= 0.3 is 0 Å². The molecule has 1 aromatic heterocycles. The largest absolute Gasteiger partial charge is 0.497 e. The second-order valence-corrected chi connectivity index (χ2v) is 9.94. The van der Waals surface area contributed by atoms with Gasteiger partial charge in [0.1, 0.15) is 17.1 Å². The van der Waals surface area contributed by atoms with Crippen LogP contribution in [-0.4, -0.2) is 36.3 Å². The van der Waals surface area contributed by atoms with Crippen LogP contribution in [0.4, 0.5) is 11.4 Å². The fourth-order valence-corrected chi connectivity index (χ4v) is 6.08. The van der Waals surface area contributed by atoms with Gasteiger partial charge in [0.25, 0.3) is 5.91 Å². The molecule has 7 rings (SSSR count). The number of para-hydroxylation sites is 1. The van der Waals surface area contributed by atoms with Crippen LogP contribution in [0.5, 0.6) is 5.75 Å². The summed E-state index contributed by atoms with van der Waals surface area (Å²) < 4.78 is 11.0. The van der Waals surface area contributed by atoms with Gasteiger partial charge in [-0.2, -0.15) is 0 Å². The van der Waals surface area contributed by atoms with Gasteiger partial charge in [-0.05, 0) is 36.8 Å². The van der Waals surface area contributed by atoms with Gasteiger partial charge in [0, 0.05) is 40.1 Å². The molecule has 3 heterocycles. The van der Waals surface area contributed by atoms with E-state index in [1.807, 2.05) is 48.5 Å². The lowest BCUT2D eigenvalue weighted by Gasteiger charge is -2.37. The lowest BCUT2D eigenvalue weighted by molar-refractivity contribution is -0.119. The Balaban J connectivity index is 1.42. The highest BCUT2D eigenvalue weighted by molar-refractivity contribution is 6.33. The monoisotopic (exact) mass is 529 g/mol. The maximum absolute atomic E-state index is 14.1. The topological polar surface area (TPSA) is 102 Å². The number of ketones is 2. The van der Waals surface area contributed by atoms with E-state index in [2.05, 4.69) is 10.5 Å². The van der Waals surface area contributed by atoms with E-state index in [1.54, 1.807) is 55.3 Å². The highest BCUT2D eigenvalue weighted by Gasteiger charge is 2.63.